The van der Waals surface area contributed by atoms with Gasteiger partial charge in [-0.05, 0) is 70.6 Å². The van der Waals surface area contributed by atoms with E-state index in [-0.39, 0.29) is 18.3 Å². The maximum Gasteiger partial charge on any atom is 0.229 e. The Labute approximate surface area is 217 Å². The van der Waals surface area contributed by atoms with E-state index in [9.17, 15) is 18.3 Å². The van der Waals surface area contributed by atoms with E-state index in [2.05, 4.69) is 21.4 Å². The first-order valence-electron chi connectivity index (χ1n) is 11.3. The molecular weight excluding hydrogens is 502 g/mol. The highest BCUT2D eigenvalue weighted by molar-refractivity contribution is 7.92. The number of carbonyl (C=O) groups is 1. The Morgan fingerprint density at radius 1 is 1.03 bits per heavy atom. The first-order valence-corrected chi connectivity index (χ1v) is 13.2. The highest BCUT2D eigenvalue weighted by Gasteiger charge is 2.19. The van der Waals surface area contributed by atoms with Crippen molar-refractivity contribution < 1.29 is 23.1 Å². The second kappa shape index (κ2) is 11.7. The van der Waals surface area contributed by atoms with Gasteiger partial charge in [-0.2, -0.15) is 0 Å². The number of rotatable bonds is 10. The third kappa shape index (κ3) is 7.20. The van der Waals surface area contributed by atoms with Crippen LogP contribution >= 0.6 is 12.4 Å². The largest absolute Gasteiger partial charge is 0.492 e. The monoisotopic (exact) mass is 531 g/mol. The lowest BCUT2D eigenvalue weighted by molar-refractivity contribution is -0.114. The van der Waals surface area contributed by atoms with Gasteiger partial charge in [0.05, 0.1) is 12.4 Å². The zero-order valence-electron chi connectivity index (χ0n) is 20.1. The van der Waals surface area contributed by atoms with Gasteiger partial charge < -0.3 is 20.5 Å². The van der Waals surface area contributed by atoms with Gasteiger partial charge in [-0.15, -0.1) is 12.4 Å². The van der Waals surface area contributed by atoms with E-state index in [1.54, 1.807) is 24.3 Å². The van der Waals surface area contributed by atoms with E-state index >= 15 is 0 Å². The summed E-state index contributed by atoms with van der Waals surface area (Å²) in [6.45, 7) is 2.77. The van der Waals surface area contributed by atoms with Crippen LogP contribution in [-0.2, 0) is 21.2 Å². The zero-order valence-corrected chi connectivity index (χ0v) is 21.7. The zero-order chi connectivity index (χ0) is 25.0. The van der Waals surface area contributed by atoms with E-state index in [4.69, 9.17) is 4.74 Å². The van der Waals surface area contributed by atoms with Crippen LogP contribution in [0.4, 0.5) is 11.4 Å². The van der Waals surface area contributed by atoms with Crippen LogP contribution in [0, 0.1) is 0 Å². The summed E-state index contributed by atoms with van der Waals surface area (Å²) in [5.41, 5.74) is 6.54. The average molecular weight is 532 g/mol. The third-order valence-corrected chi connectivity index (χ3v) is 6.24. The van der Waals surface area contributed by atoms with Crippen LogP contribution < -0.4 is 20.1 Å². The van der Waals surface area contributed by atoms with Crippen molar-refractivity contribution in [1.82, 2.24) is 5.32 Å². The molecule has 0 radical (unpaired) electrons. The Hall–Kier alpha value is -3.11. The predicted octanol–water partition coefficient (Wildman–Crippen LogP) is 3.71. The lowest BCUT2D eigenvalue weighted by Crippen LogP contribution is -2.26. The second-order valence-corrected chi connectivity index (χ2v) is 10.4. The number of aliphatic hydroxyl groups is 1. The molecule has 1 atom stereocenters. The number of hydrogen-bond acceptors (Lipinski definition) is 6. The molecule has 0 spiro atoms. The Balaban J connectivity index is 0.00000361. The smallest absolute Gasteiger partial charge is 0.229 e. The van der Waals surface area contributed by atoms with Crippen LogP contribution in [0.5, 0.6) is 5.75 Å². The van der Waals surface area contributed by atoms with Crippen LogP contribution in [-0.4, -0.2) is 45.4 Å². The Morgan fingerprint density at radius 3 is 2.47 bits per heavy atom. The van der Waals surface area contributed by atoms with Crippen molar-refractivity contribution in [1.29, 1.82) is 0 Å². The summed E-state index contributed by atoms with van der Waals surface area (Å²) < 4.78 is 31.1. The molecule has 0 bridgehead atoms. The summed E-state index contributed by atoms with van der Waals surface area (Å²) in [4.78, 5) is 11.3. The second-order valence-electron chi connectivity index (χ2n) is 8.62. The van der Waals surface area contributed by atoms with Crippen LogP contribution in [0.3, 0.4) is 0 Å². The summed E-state index contributed by atoms with van der Waals surface area (Å²) in [6.07, 6.45) is 1.09. The maximum atomic E-state index is 11.4. The van der Waals surface area contributed by atoms with Gasteiger partial charge in [0.25, 0.3) is 0 Å². The average Bonchev–Trinajstić information content (AvgIpc) is 3.14. The summed E-state index contributed by atoms with van der Waals surface area (Å²) in [5, 5.41) is 16.4. The quantitative estimate of drug-likeness (QED) is 0.232. The molecule has 4 N–H and O–H groups in total. The summed E-state index contributed by atoms with van der Waals surface area (Å²) in [5.74, 6) is 0.690. The van der Waals surface area contributed by atoms with Crippen LogP contribution in [0.1, 0.15) is 29.7 Å². The van der Waals surface area contributed by atoms with Crippen molar-refractivity contribution in [3.63, 3.8) is 0 Å². The number of aliphatic hydroxyl groups excluding tert-OH is 1. The number of nitrogens with one attached hydrogen (secondary N) is 3. The molecule has 0 fully saturated rings. The lowest BCUT2D eigenvalue weighted by atomic mass is 10.1. The minimum atomic E-state index is -3.38. The lowest BCUT2D eigenvalue weighted by Gasteiger charge is -2.14. The number of carbonyl (C=O) groups excluding carboxylic acids is 1. The number of ether oxygens (including phenoxy) is 1. The van der Waals surface area contributed by atoms with Crippen LogP contribution in [0.15, 0.2) is 60.7 Å². The van der Waals surface area contributed by atoms with Crippen molar-refractivity contribution in [2.75, 3.05) is 36.0 Å². The number of benzene rings is 3. The van der Waals surface area contributed by atoms with E-state index in [1.165, 1.54) is 29.2 Å². The first-order chi connectivity index (χ1) is 16.7. The Kier molecular flexibility index (Phi) is 8.97. The van der Waals surface area contributed by atoms with E-state index in [0.717, 1.165) is 24.1 Å². The topological polar surface area (TPSA) is 117 Å². The molecule has 10 heteroatoms. The molecule has 36 heavy (non-hydrogen) atoms. The van der Waals surface area contributed by atoms with Gasteiger partial charge >= 0.3 is 0 Å². The summed E-state index contributed by atoms with van der Waals surface area (Å²) in [6, 6.07) is 18.7. The van der Waals surface area contributed by atoms with E-state index < -0.39 is 16.1 Å². The number of anilines is 2. The minimum absolute atomic E-state index is 0. The fourth-order valence-corrected chi connectivity index (χ4v) is 4.73. The molecule has 1 aliphatic carbocycles. The van der Waals surface area contributed by atoms with Gasteiger partial charge in [0.2, 0.25) is 15.9 Å². The molecule has 0 saturated heterocycles. The van der Waals surface area contributed by atoms with Gasteiger partial charge in [0.15, 0.2) is 0 Å². The first kappa shape index (κ1) is 27.5. The molecule has 1 amide bonds. The molecule has 0 unspecified atom stereocenters. The van der Waals surface area contributed by atoms with E-state index in [1.807, 2.05) is 30.3 Å². The molecule has 8 nitrogen and oxygen atoms in total. The van der Waals surface area contributed by atoms with Crippen molar-refractivity contribution in [3.05, 3.63) is 77.4 Å². The molecule has 3 aromatic rings. The van der Waals surface area contributed by atoms with Crippen LogP contribution in [0.25, 0.3) is 11.1 Å². The normalized spacial score (nSPS) is 12.6. The van der Waals surface area contributed by atoms with Crippen LogP contribution in [0.2, 0.25) is 0 Å². The standard InChI is InChI=1S/C26H29N3O5S.ClH/c1-17(30)28-21-6-8-24-19(14-21)12-20-15-23(7-9-25(20)24)34-11-10-27-16-26(31)18-4-3-5-22(13-18)29-35(2,32)33;/h3-9,13-15,26-27,29,31H,10-12,16H2,1-2H3,(H,28,30);1H/t26-;/m0./s1. The predicted molar refractivity (Wildman–Crippen MR) is 144 cm³/mol. The number of sulfonamides is 1. The van der Waals surface area contributed by atoms with Crippen molar-refractivity contribution in [2.24, 2.45) is 0 Å². The maximum absolute atomic E-state index is 11.4. The molecule has 3 aromatic carbocycles. The number of halogens is 1. The highest BCUT2D eigenvalue weighted by Crippen LogP contribution is 2.39. The van der Waals surface area contributed by atoms with Crippen molar-refractivity contribution in [2.45, 2.75) is 19.4 Å². The molecule has 0 saturated carbocycles. The van der Waals surface area contributed by atoms with Crippen molar-refractivity contribution in [3.8, 4) is 16.9 Å². The fraction of sp³-hybridized carbons (Fsp3) is 0.269. The van der Waals surface area contributed by atoms with Gasteiger partial charge in [0, 0.05) is 31.4 Å². The Bertz CT molecular complexity index is 1350. The molecule has 0 heterocycles. The number of amides is 1. The van der Waals surface area contributed by atoms with Gasteiger partial charge in [-0.25, -0.2) is 8.42 Å². The molecule has 192 valence electrons. The molecule has 1 aliphatic rings. The molecular formula is C26H30ClN3O5S. The van der Waals surface area contributed by atoms with Gasteiger partial charge in [-0.1, -0.05) is 24.3 Å². The third-order valence-electron chi connectivity index (χ3n) is 5.63. The number of fused-ring (bicyclic) bond motifs is 3. The fourth-order valence-electron chi connectivity index (χ4n) is 4.18. The molecule has 4 rings (SSSR count). The van der Waals surface area contributed by atoms with Gasteiger partial charge in [0.1, 0.15) is 12.4 Å². The van der Waals surface area contributed by atoms with Gasteiger partial charge in [-0.3, -0.25) is 9.52 Å². The summed E-state index contributed by atoms with van der Waals surface area (Å²) >= 11 is 0. The molecule has 0 aromatic heterocycles. The van der Waals surface area contributed by atoms with E-state index in [0.29, 0.717) is 30.9 Å². The number of hydrogen-bond donors (Lipinski definition) is 4. The molecule has 0 aliphatic heterocycles. The summed E-state index contributed by atoms with van der Waals surface area (Å²) in [7, 11) is -3.38. The SMILES string of the molecule is CC(=O)Nc1ccc2c(c1)Cc1cc(OCCNC[C@H](O)c3cccc(NS(C)(=O)=O)c3)ccc1-2.Cl. The Morgan fingerprint density at radius 2 is 1.75 bits per heavy atom. The highest BCUT2D eigenvalue weighted by atomic mass is 35.5. The minimum Gasteiger partial charge on any atom is -0.492 e. The van der Waals surface area contributed by atoms with Crippen molar-refractivity contribution >= 4 is 39.7 Å².